The molecule has 0 aromatic heterocycles. The summed E-state index contributed by atoms with van der Waals surface area (Å²) >= 11 is 6.04. The highest BCUT2D eigenvalue weighted by Gasteiger charge is 2.27. The lowest BCUT2D eigenvalue weighted by molar-refractivity contribution is 0.214. The van der Waals surface area contributed by atoms with E-state index in [-0.39, 0.29) is 0 Å². The van der Waals surface area contributed by atoms with E-state index >= 15 is 0 Å². The summed E-state index contributed by atoms with van der Waals surface area (Å²) in [5, 5.41) is 4.61. The first-order valence-corrected chi connectivity index (χ1v) is 9.11. The number of nitrogens with one attached hydrogen (secondary N) is 1. The van der Waals surface area contributed by atoms with Gasteiger partial charge in [0.2, 0.25) is 0 Å². The maximum atomic E-state index is 6.04. The zero-order chi connectivity index (χ0) is 15.1. The van der Waals surface area contributed by atoms with Crippen molar-refractivity contribution in [1.82, 2.24) is 5.32 Å². The summed E-state index contributed by atoms with van der Waals surface area (Å²) in [5.41, 5.74) is 1.41. The van der Waals surface area contributed by atoms with Crippen molar-refractivity contribution in [3.8, 4) is 0 Å². The maximum Gasteiger partial charge on any atom is 0.0406 e. The molecule has 118 valence electrons. The molecule has 0 heterocycles. The highest BCUT2D eigenvalue weighted by Crippen LogP contribution is 2.38. The van der Waals surface area contributed by atoms with E-state index in [4.69, 9.17) is 11.6 Å². The number of rotatable bonds is 7. The van der Waals surface area contributed by atoms with Crippen molar-refractivity contribution in [3.63, 3.8) is 0 Å². The lowest BCUT2D eigenvalue weighted by Gasteiger charge is -2.35. The Hall–Kier alpha value is -0.530. The molecule has 21 heavy (non-hydrogen) atoms. The van der Waals surface area contributed by atoms with E-state index in [2.05, 4.69) is 31.3 Å². The summed E-state index contributed by atoms with van der Waals surface area (Å²) in [6.45, 7) is 5.65. The normalized spacial score (nSPS) is 24.0. The SMILES string of the molecule is CCCNC(c1ccc(Cl)cc1)C1CCC(CCC)CC1. The average Bonchev–Trinajstić information content (AvgIpc) is 2.51. The molecule has 1 fully saturated rings. The third kappa shape index (κ3) is 5.00. The fourth-order valence-corrected chi connectivity index (χ4v) is 3.87. The third-order valence-electron chi connectivity index (χ3n) is 4.90. The molecule has 1 N–H and O–H groups in total. The van der Waals surface area contributed by atoms with Crippen LogP contribution >= 0.6 is 11.6 Å². The van der Waals surface area contributed by atoms with Crippen LogP contribution in [0.1, 0.15) is 70.4 Å². The Labute approximate surface area is 135 Å². The second kappa shape index (κ2) is 8.80. The predicted octanol–water partition coefficient (Wildman–Crippen LogP) is 5.99. The van der Waals surface area contributed by atoms with Gasteiger partial charge in [-0.05, 0) is 55.3 Å². The Kier molecular flexibility index (Phi) is 7.06. The number of halogens is 1. The van der Waals surface area contributed by atoms with Crippen LogP contribution in [0.2, 0.25) is 5.02 Å². The monoisotopic (exact) mass is 307 g/mol. The number of hydrogen-bond acceptors (Lipinski definition) is 1. The lowest BCUT2D eigenvalue weighted by Crippen LogP contribution is -2.31. The minimum atomic E-state index is 0.504. The van der Waals surface area contributed by atoms with Gasteiger partial charge in [-0.15, -0.1) is 0 Å². The molecule has 1 aliphatic carbocycles. The van der Waals surface area contributed by atoms with Crippen LogP contribution in [0, 0.1) is 11.8 Å². The van der Waals surface area contributed by atoms with Gasteiger partial charge in [0.25, 0.3) is 0 Å². The second-order valence-corrected chi connectivity index (χ2v) is 6.99. The first-order valence-electron chi connectivity index (χ1n) is 8.73. The molecule has 1 unspecified atom stereocenters. The van der Waals surface area contributed by atoms with Gasteiger partial charge in [0.1, 0.15) is 0 Å². The molecule has 1 aromatic rings. The van der Waals surface area contributed by atoms with Gasteiger partial charge < -0.3 is 5.32 Å². The van der Waals surface area contributed by atoms with Gasteiger partial charge >= 0.3 is 0 Å². The summed E-state index contributed by atoms with van der Waals surface area (Å²) in [5.74, 6) is 1.76. The first-order chi connectivity index (χ1) is 10.2. The van der Waals surface area contributed by atoms with Crippen LogP contribution in [0.15, 0.2) is 24.3 Å². The highest BCUT2D eigenvalue weighted by molar-refractivity contribution is 6.30. The van der Waals surface area contributed by atoms with E-state index < -0.39 is 0 Å². The van der Waals surface area contributed by atoms with Crippen molar-refractivity contribution in [3.05, 3.63) is 34.9 Å². The Morgan fingerprint density at radius 2 is 1.71 bits per heavy atom. The van der Waals surface area contributed by atoms with E-state index in [0.717, 1.165) is 23.4 Å². The molecular weight excluding hydrogens is 278 g/mol. The van der Waals surface area contributed by atoms with Gasteiger partial charge in [0, 0.05) is 11.1 Å². The highest BCUT2D eigenvalue weighted by atomic mass is 35.5. The molecule has 2 heteroatoms. The third-order valence-corrected chi connectivity index (χ3v) is 5.16. The van der Waals surface area contributed by atoms with Crippen LogP contribution in [0.3, 0.4) is 0 Å². The summed E-state index contributed by atoms with van der Waals surface area (Å²) < 4.78 is 0. The molecule has 0 bridgehead atoms. The van der Waals surface area contributed by atoms with Gasteiger partial charge in [-0.2, -0.15) is 0 Å². The molecule has 1 aliphatic rings. The van der Waals surface area contributed by atoms with Crippen LogP contribution in [0.4, 0.5) is 0 Å². The van der Waals surface area contributed by atoms with Crippen LogP contribution in [0.25, 0.3) is 0 Å². The molecule has 0 aliphatic heterocycles. The Balaban J connectivity index is 2.01. The van der Waals surface area contributed by atoms with Crippen molar-refractivity contribution in [2.24, 2.45) is 11.8 Å². The fourth-order valence-electron chi connectivity index (χ4n) is 3.75. The van der Waals surface area contributed by atoms with Gasteiger partial charge in [0.15, 0.2) is 0 Å². The van der Waals surface area contributed by atoms with E-state index in [1.807, 2.05) is 12.1 Å². The second-order valence-electron chi connectivity index (χ2n) is 6.55. The van der Waals surface area contributed by atoms with E-state index in [1.165, 1.54) is 50.5 Å². The van der Waals surface area contributed by atoms with Crippen LogP contribution in [-0.2, 0) is 0 Å². The molecule has 2 rings (SSSR count). The van der Waals surface area contributed by atoms with Crippen molar-refractivity contribution >= 4 is 11.6 Å². The fraction of sp³-hybridized carbons (Fsp3) is 0.684. The van der Waals surface area contributed by atoms with E-state index in [1.54, 1.807) is 0 Å². The lowest BCUT2D eigenvalue weighted by atomic mass is 9.75. The van der Waals surface area contributed by atoms with Crippen molar-refractivity contribution in [2.75, 3.05) is 6.54 Å². The Morgan fingerprint density at radius 1 is 1.05 bits per heavy atom. The quantitative estimate of drug-likeness (QED) is 0.652. The van der Waals surface area contributed by atoms with E-state index in [0.29, 0.717) is 6.04 Å². The van der Waals surface area contributed by atoms with E-state index in [9.17, 15) is 0 Å². The summed E-state index contributed by atoms with van der Waals surface area (Å²) in [6.07, 6.45) is 9.51. The number of hydrogen-bond donors (Lipinski definition) is 1. The molecule has 1 aromatic carbocycles. The van der Waals surface area contributed by atoms with Crippen molar-refractivity contribution in [1.29, 1.82) is 0 Å². The van der Waals surface area contributed by atoms with Gasteiger partial charge in [-0.1, -0.05) is 63.3 Å². The smallest absolute Gasteiger partial charge is 0.0406 e. The topological polar surface area (TPSA) is 12.0 Å². The summed E-state index contributed by atoms with van der Waals surface area (Å²) in [7, 11) is 0. The van der Waals surface area contributed by atoms with Gasteiger partial charge in [-0.25, -0.2) is 0 Å². The van der Waals surface area contributed by atoms with Crippen molar-refractivity contribution in [2.45, 2.75) is 64.8 Å². The summed E-state index contributed by atoms with van der Waals surface area (Å²) in [4.78, 5) is 0. The minimum absolute atomic E-state index is 0.504. The Morgan fingerprint density at radius 3 is 2.29 bits per heavy atom. The van der Waals surface area contributed by atoms with Crippen LogP contribution in [-0.4, -0.2) is 6.54 Å². The molecule has 0 spiro atoms. The number of benzene rings is 1. The van der Waals surface area contributed by atoms with Crippen molar-refractivity contribution < 1.29 is 0 Å². The van der Waals surface area contributed by atoms with Crippen LogP contribution in [0.5, 0.6) is 0 Å². The first kappa shape index (κ1) is 16.8. The Bertz CT molecular complexity index is 393. The summed E-state index contributed by atoms with van der Waals surface area (Å²) in [6, 6.07) is 8.96. The van der Waals surface area contributed by atoms with Gasteiger partial charge in [0.05, 0.1) is 0 Å². The van der Waals surface area contributed by atoms with Crippen LogP contribution < -0.4 is 5.32 Å². The zero-order valence-electron chi connectivity index (χ0n) is 13.6. The predicted molar refractivity (Wildman–Crippen MR) is 92.8 cm³/mol. The molecule has 0 saturated heterocycles. The zero-order valence-corrected chi connectivity index (χ0v) is 14.3. The van der Waals surface area contributed by atoms with Gasteiger partial charge in [-0.3, -0.25) is 0 Å². The average molecular weight is 308 g/mol. The standard InChI is InChI=1S/C19H30ClN/c1-3-5-15-6-8-16(9-7-15)19(21-14-4-2)17-10-12-18(20)13-11-17/h10-13,15-16,19,21H,3-9,14H2,1-2H3. The molecule has 0 radical (unpaired) electrons. The molecule has 1 saturated carbocycles. The largest absolute Gasteiger partial charge is 0.310 e. The molecule has 0 amide bonds. The molecule has 1 nitrogen and oxygen atoms in total. The molecular formula is C19H30ClN. The minimum Gasteiger partial charge on any atom is -0.310 e. The maximum absolute atomic E-state index is 6.04. The molecule has 1 atom stereocenters.